The van der Waals surface area contributed by atoms with E-state index in [0.29, 0.717) is 10.9 Å². The van der Waals surface area contributed by atoms with Crippen molar-refractivity contribution in [3.8, 4) is 0 Å². The van der Waals surface area contributed by atoms with E-state index in [0.717, 1.165) is 14.2 Å². The van der Waals surface area contributed by atoms with Gasteiger partial charge in [-0.1, -0.05) is 54.1 Å². The molecule has 43 heavy (non-hydrogen) atoms. The van der Waals surface area contributed by atoms with Crippen molar-refractivity contribution in [2.45, 2.75) is 37.0 Å². The number of rotatable bonds is 12. The van der Waals surface area contributed by atoms with Crippen LogP contribution in [0.25, 0.3) is 10.8 Å². The number of Topliss-reactive ketones (excluding diaryl/α,β-unsaturated/α-hetero) is 2. The molecule has 0 aromatic heterocycles. The van der Waals surface area contributed by atoms with Crippen LogP contribution in [0.2, 0.25) is 0 Å². The van der Waals surface area contributed by atoms with Gasteiger partial charge in [-0.25, -0.2) is 16.8 Å². The molecule has 0 unspecified atom stereocenters. The monoisotopic (exact) mass is 622 g/mol. The quantitative estimate of drug-likeness (QED) is 0.246. The number of sulfonamides is 2. The minimum Gasteiger partial charge on any atom is -0.480 e. The molecule has 12 heteroatoms. The molecule has 0 aliphatic heterocycles. The zero-order chi connectivity index (χ0) is 31.5. The summed E-state index contributed by atoms with van der Waals surface area (Å²) in [5.41, 5.74) is 1.58. The number of fused-ring (bicyclic) bond motifs is 1. The van der Waals surface area contributed by atoms with E-state index < -0.39 is 44.9 Å². The Kier molecular flexibility index (Phi) is 9.02. The van der Waals surface area contributed by atoms with Crippen molar-refractivity contribution in [3.05, 3.63) is 96.1 Å². The van der Waals surface area contributed by atoms with Crippen molar-refractivity contribution >= 4 is 59.7 Å². The topological polar surface area (TPSA) is 146 Å². The second kappa shape index (κ2) is 12.4. The van der Waals surface area contributed by atoms with Gasteiger partial charge in [-0.2, -0.15) is 0 Å². The normalized spacial score (nSPS) is 11.7. The number of hydrogen-bond donors (Lipinski definition) is 1. The highest BCUT2D eigenvalue weighted by atomic mass is 32.2. The molecule has 0 aliphatic rings. The first-order valence-corrected chi connectivity index (χ1v) is 16.0. The van der Waals surface area contributed by atoms with E-state index in [4.69, 9.17) is 0 Å². The summed E-state index contributed by atoms with van der Waals surface area (Å²) in [5.74, 6) is -1.94. The Hall–Kier alpha value is -4.55. The van der Waals surface area contributed by atoms with Gasteiger partial charge in [0.15, 0.2) is 0 Å². The highest BCUT2D eigenvalue weighted by molar-refractivity contribution is 7.93. The summed E-state index contributed by atoms with van der Waals surface area (Å²) >= 11 is 0. The Labute approximate surface area is 250 Å². The Morgan fingerprint density at radius 3 is 1.49 bits per heavy atom. The van der Waals surface area contributed by atoms with E-state index >= 15 is 0 Å². The number of carboxylic acid groups (broad SMARTS) is 1. The van der Waals surface area contributed by atoms with E-state index in [1.54, 1.807) is 36.4 Å². The molecule has 0 bridgehead atoms. The van der Waals surface area contributed by atoms with Crippen molar-refractivity contribution < 1.29 is 36.3 Å². The van der Waals surface area contributed by atoms with Gasteiger partial charge in [0, 0.05) is 17.2 Å². The summed E-state index contributed by atoms with van der Waals surface area (Å²) in [5, 5.41) is 10.2. The van der Waals surface area contributed by atoms with Crippen LogP contribution in [0.15, 0.2) is 94.7 Å². The maximum atomic E-state index is 13.8. The molecule has 4 rings (SSSR count). The summed E-state index contributed by atoms with van der Waals surface area (Å²) < 4.78 is 57.0. The summed E-state index contributed by atoms with van der Waals surface area (Å²) in [6.07, 6.45) is 0.119. The molecule has 224 valence electrons. The van der Waals surface area contributed by atoms with Crippen molar-refractivity contribution in [2.75, 3.05) is 21.7 Å². The van der Waals surface area contributed by atoms with Crippen LogP contribution in [0.4, 0.5) is 11.4 Å². The Morgan fingerprint density at radius 1 is 0.628 bits per heavy atom. The first kappa shape index (κ1) is 31.4. The third kappa shape index (κ3) is 6.76. The summed E-state index contributed by atoms with van der Waals surface area (Å²) in [6.45, 7) is 3.09. The maximum absolute atomic E-state index is 13.8. The predicted molar refractivity (Wildman–Crippen MR) is 163 cm³/mol. The molecule has 0 heterocycles. The number of ketones is 2. The Morgan fingerprint density at radius 2 is 1.07 bits per heavy atom. The van der Waals surface area contributed by atoms with Crippen molar-refractivity contribution in [1.82, 2.24) is 0 Å². The summed E-state index contributed by atoms with van der Waals surface area (Å²) in [6, 6.07) is 20.8. The van der Waals surface area contributed by atoms with Crippen molar-refractivity contribution in [3.63, 3.8) is 0 Å². The van der Waals surface area contributed by atoms with E-state index in [9.17, 15) is 36.3 Å². The van der Waals surface area contributed by atoms with Gasteiger partial charge in [-0.3, -0.25) is 23.0 Å². The number of anilines is 2. The van der Waals surface area contributed by atoms with Crippen LogP contribution in [0, 0.1) is 6.92 Å². The molecule has 0 saturated heterocycles. The molecule has 0 spiro atoms. The standard InChI is InChI=1S/C31H30N2O8S2/c1-21-8-12-25(13-9-21)42(38,39)32(19-23(3)35)29-16-17-30(28-7-5-4-6-27(28)29)33(20-31(36)37)43(40,41)26-14-10-24(11-15-26)18-22(2)34/h4-17H,18-20H2,1-3H3,(H,36,37). The lowest BCUT2D eigenvalue weighted by Gasteiger charge is -2.28. The molecule has 0 aliphatic carbocycles. The number of carbonyl (C=O) groups excluding carboxylic acids is 2. The van der Waals surface area contributed by atoms with Crippen LogP contribution >= 0.6 is 0 Å². The van der Waals surface area contributed by atoms with E-state index in [1.807, 2.05) is 6.92 Å². The fourth-order valence-electron chi connectivity index (χ4n) is 4.66. The number of nitrogens with zero attached hydrogens (tertiary/aromatic N) is 2. The molecule has 0 fully saturated rings. The lowest BCUT2D eigenvalue weighted by atomic mass is 10.1. The fourth-order valence-corrected chi connectivity index (χ4v) is 7.60. The Balaban J connectivity index is 1.90. The van der Waals surface area contributed by atoms with Crippen LogP contribution in [-0.2, 0) is 40.9 Å². The highest BCUT2D eigenvalue weighted by Crippen LogP contribution is 2.38. The summed E-state index contributed by atoms with van der Waals surface area (Å²) in [4.78, 5) is 35.5. The second-order valence-corrected chi connectivity index (χ2v) is 13.8. The van der Waals surface area contributed by atoms with Gasteiger partial charge in [0.05, 0.1) is 27.7 Å². The lowest BCUT2D eigenvalue weighted by molar-refractivity contribution is -0.135. The number of carboxylic acids is 1. The van der Waals surface area contributed by atoms with Crippen LogP contribution in [0.3, 0.4) is 0 Å². The number of benzene rings is 4. The molecule has 0 saturated carbocycles. The molecule has 4 aromatic rings. The van der Waals surface area contributed by atoms with Crippen molar-refractivity contribution in [1.29, 1.82) is 0 Å². The van der Waals surface area contributed by atoms with Crippen molar-refractivity contribution in [2.24, 2.45) is 0 Å². The van der Waals surface area contributed by atoms with Gasteiger partial charge in [0.2, 0.25) is 0 Å². The fraction of sp³-hybridized carbons (Fsp3) is 0.194. The third-order valence-electron chi connectivity index (χ3n) is 6.63. The number of aryl methyl sites for hydroxylation is 1. The number of carbonyl (C=O) groups is 3. The average Bonchev–Trinajstić information content (AvgIpc) is 2.94. The van der Waals surface area contributed by atoms with Crippen LogP contribution in [0.1, 0.15) is 25.0 Å². The Bertz CT molecular complexity index is 1920. The SMILES string of the molecule is CC(=O)Cc1ccc(S(=O)(=O)N(CC(=O)O)c2ccc(N(CC(C)=O)S(=O)(=O)c3ccc(C)cc3)c3ccccc23)cc1. The molecule has 0 radical (unpaired) electrons. The van der Waals surface area contributed by atoms with Crippen LogP contribution < -0.4 is 8.61 Å². The van der Waals surface area contributed by atoms with Crippen LogP contribution in [-0.4, -0.2) is 52.6 Å². The zero-order valence-corrected chi connectivity index (χ0v) is 25.4. The molecule has 0 atom stereocenters. The second-order valence-electron chi connectivity index (χ2n) is 10.1. The molecule has 1 N–H and O–H groups in total. The van der Waals surface area contributed by atoms with Gasteiger partial charge in [-0.05, 0) is 62.7 Å². The van der Waals surface area contributed by atoms with E-state index in [-0.39, 0.29) is 38.8 Å². The van der Waals surface area contributed by atoms with E-state index in [2.05, 4.69) is 0 Å². The smallest absolute Gasteiger partial charge is 0.324 e. The van der Waals surface area contributed by atoms with Gasteiger partial charge >= 0.3 is 5.97 Å². The molecule has 4 aromatic carbocycles. The molecule has 10 nitrogen and oxygen atoms in total. The highest BCUT2D eigenvalue weighted by Gasteiger charge is 2.32. The minimum atomic E-state index is -4.43. The number of hydrogen-bond acceptors (Lipinski definition) is 7. The third-order valence-corrected chi connectivity index (χ3v) is 10.2. The van der Waals surface area contributed by atoms with Gasteiger partial charge in [0.1, 0.15) is 18.1 Å². The average molecular weight is 623 g/mol. The maximum Gasteiger partial charge on any atom is 0.324 e. The molecular formula is C31H30N2O8S2. The molecule has 0 amide bonds. The first-order chi connectivity index (χ1) is 20.2. The lowest BCUT2D eigenvalue weighted by Crippen LogP contribution is -2.37. The molecular weight excluding hydrogens is 592 g/mol. The first-order valence-electron chi connectivity index (χ1n) is 13.2. The van der Waals surface area contributed by atoms with Gasteiger partial charge < -0.3 is 5.11 Å². The number of aliphatic carboxylic acids is 1. The van der Waals surface area contributed by atoms with Gasteiger partial charge in [0.25, 0.3) is 20.0 Å². The summed E-state index contributed by atoms with van der Waals surface area (Å²) in [7, 11) is -8.66. The van der Waals surface area contributed by atoms with Gasteiger partial charge in [-0.15, -0.1) is 0 Å². The minimum absolute atomic E-state index is 0.00470. The van der Waals surface area contributed by atoms with E-state index in [1.165, 1.54) is 62.4 Å². The van der Waals surface area contributed by atoms with Crippen LogP contribution in [0.5, 0.6) is 0 Å². The largest absolute Gasteiger partial charge is 0.480 e. The zero-order valence-electron chi connectivity index (χ0n) is 23.7. The predicted octanol–water partition coefficient (Wildman–Crippen LogP) is 4.34.